The molecule has 0 N–H and O–H groups in total. The normalized spacial score (nSPS) is 10.9. The van der Waals surface area contributed by atoms with E-state index < -0.39 is 11.7 Å². The summed E-state index contributed by atoms with van der Waals surface area (Å²) in [5, 5.41) is 0. The molecule has 1 aromatic heterocycles. The molecule has 4 heteroatoms. The number of carbonyl (C=O) groups is 1. The molecule has 0 aromatic carbocycles. The summed E-state index contributed by atoms with van der Waals surface area (Å²) >= 11 is 0. The first-order valence-corrected chi connectivity index (χ1v) is 5.87. The van der Waals surface area contributed by atoms with Crippen LogP contribution in [0, 0.1) is 6.92 Å². The Bertz CT molecular complexity index is 436. The highest BCUT2D eigenvalue weighted by molar-refractivity contribution is 5.87. The fourth-order valence-corrected chi connectivity index (χ4v) is 1.38. The van der Waals surface area contributed by atoms with Crippen LogP contribution in [0.1, 0.15) is 26.3 Å². The largest absolute Gasteiger partial charge is 0.443 e. The summed E-state index contributed by atoms with van der Waals surface area (Å²) in [6, 6.07) is 3.72. The second kappa shape index (κ2) is 5.67. The van der Waals surface area contributed by atoms with Crippen molar-refractivity contribution in [2.24, 2.45) is 0 Å². The molecule has 1 rings (SSSR count). The Balaban J connectivity index is 2.95. The van der Waals surface area contributed by atoms with Crippen LogP contribution in [0.25, 0.3) is 0 Å². The third kappa shape index (κ3) is 4.20. The SMILES string of the molecule is C=CCN(C(=O)OC(C)(C)C)c1cc(C)ccn1. The minimum absolute atomic E-state index is 0.366. The maximum atomic E-state index is 12.1. The highest BCUT2D eigenvalue weighted by atomic mass is 16.6. The zero-order valence-corrected chi connectivity index (χ0v) is 11.4. The van der Waals surface area contributed by atoms with E-state index in [0.717, 1.165) is 5.56 Å². The number of ether oxygens (including phenoxy) is 1. The number of amides is 1. The maximum absolute atomic E-state index is 12.1. The lowest BCUT2D eigenvalue weighted by atomic mass is 10.2. The first-order chi connectivity index (χ1) is 8.33. The van der Waals surface area contributed by atoms with E-state index in [2.05, 4.69) is 11.6 Å². The topological polar surface area (TPSA) is 42.4 Å². The lowest BCUT2D eigenvalue weighted by Gasteiger charge is -2.26. The third-order valence-electron chi connectivity index (χ3n) is 2.10. The van der Waals surface area contributed by atoms with Gasteiger partial charge < -0.3 is 4.74 Å². The van der Waals surface area contributed by atoms with Gasteiger partial charge in [-0.2, -0.15) is 0 Å². The van der Waals surface area contributed by atoms with Gasteiger partial charge in [0.15, 0.2) is 0 Å². The Morgan fingerprint density at radius 2 is 2.22 bits per heavy atom. The predicted octanol–water partition coefficient (Wildman–Crippen LogP) is 3.32. The number of aryl methyl sites for hydroxylation is 1. The number of pyridine rings is 1. The summed E-state index contributed by atoms with van der Waals surface area (Å²) < 4.78 is 5.35. The van der Waals surface area contributed by atoms with E-state index in [1.807, 2.05) is 39.8 Å². The van der Waals surface area contributed by atoms with Crippen molar-refractivity contribution >= 4 is 11.9 Å². The van der Waals surface area contributed by atoms with Crippen LogP contribution >= 0.6 is 0 Å². The monoisotopic (exact) mass is 248 g/mol. The van der Waals surface area contributed by atoms with Crippen LogP contribution in [-0.2, 0) is 4.74 Å². The number of anilines is 1. The molecule has 1 aromatic rings. The Morgan fingerprint density at radius 1 is 1.56 bits per heavy atom. The van der Waals surface area contributed by atoms with Crippen LogP contribution < -0.4 is 4.90 Å². The first-order valence-electron chi connectivity index (χ1n) is 5.87. The number of nitrogens with zero attached hydrogens (tertiary/aromatic N) is 2. The van der Waals surface area contributed by atoms with Crippen molar-refractivity contribution in [1.82, 2.24) is 4.98 Å². The summed E-state index contributed by atoms with van der Waals surface area (Å²) in [6.45, 7) is 11.5. The van der Waals surface area contributed by atoms with Gasteiger partial charge in [0.05, 0.1) is 0 Å². The highest BCUT2D eigenvalue weighted by Gasteiger charge is 2.23. The second-order valence-corrected chi connectivity index (χ2v) is 5.07. The number of hydrogen-bond donors (Lipinski definition) is 0. The van der Waals surface area contributed by atoms with Gasteiger partial charge >= 0.3 is 6.09 Å². The van der Waals surface area contributed by atoms with Crippen LogP contribution in [0.5, 0.6) is 0 Å². The van der Waals surface area contributed by atoms with Crippen molar-refractivity contribution in [2.75, 3.05) is 11.4 Å². The summed E-state index contributed by atoms with van der Waals surface area (Å²) in [7, 11) is 0. The van der Waals surface area contributed by atoms with Gasteiger partial charge in [-0.25, -0.2) is 9.78 Å². The van der Waals surface area contributed by atoms with Crippen LogP contribution in [0.3, 0.4) is 0 Å². The lowest BCUT2D eigenvalue weighted by molar-refractivity contribution is 0.0583. The lowest BCUT2D eigenvalue weighted by Crippen LogP contribution is -2.37. The van der Waals surface area contributed by atoms with E-state index in [1.54, 1.807) is 12.3 Å². The van der Waals surface area contributed by atoms with Crippen molar-refractivity contribution in [2.45, 2.75) is 33.3 Å². The molecule has 1 heterocycles. The highest BCUT2D eigenvalue weighted by Crippen LogP contribution is 2.16. The van der Waals surface area contributed by atoms with Crippen LogP contribution in [0.15, 0.2) is 31.0 Å². The average Bonchev–Trinajstić information content (AvgIpc) is 2.23. The molecule has 0 spiro atoms. The van der Waals surface area contributed by atoms with E-state index in [-0.39, 0.29) is 0 Å². The number of rotatable bonds is 3. The molecule has 0 fully saturated rings. The summed E-state index contributed by atoms with van der Waals surface area (Å²) in [5.41, 5.74) is 0.512. The van der Waals surface area contributed by atoms with Gasteiger partial charge in [-0.15, -0.1) is 6.58 Å². The zero-order chi connectivity index (χ0) is 13.8. The molecule has 0 unspecified atom stereocenters. The predicted molar refractivity (Wildman–Crippen MR) is 72.8 cm³/mol. The summed E-state index contributed by atoms with van der Waals surface area (Å²) in [5.74, 6) is 0.573. The molecule has 0 atom stereocenters. The number of aromatic nitrogens is 1. The molecule has 18 heavy (non-hydrogen) atoms. The zero-order valence-electron chi connectivity index (χ0n) is 11.4. The molecule has 0 saturated heterocycles. The number of hydrogen-bond acceptors (Lipinski definition) is 3. The summed E-state index contributed by atoms with van der Waals surface area (Å²) in [4.78, 5) is 17.7. The molecular weight excluding hydrogens is 228 g/mol. The first kappa shape index (κ1) is 14.2. The van der Waals surface area contributed by atoms with Gasteiger partial charge in [0.25, 0.3) is 0 Å². The van der Waals surface area contributed by atoms with E-state index >= 15 is 0 Å². The van der Waals surface area contributed by atoms with Gasteiger partial charge in [0.2, 0.25) is 0 Å². The Hall–Kier alpha value is -1.84. The molecule has 0 radical (unpaired) electrons. The number of carbonyl (C=O) groups excluding carboxylic acids is 1. The van der Waals surface area contributed by atoms with Gasteiger partial charge in [-0.3, -0.25) is 4.90 Å². The molecule has 0 aliphatic heterocycles. The van der Waals surface area contributed by atoms with Crippen molar-refractivity contribution in [3.05, 3.63) is 36.5 Å². The van der Waals surface area contributed by atoms with Crippen molar-refractivity contribution in [1.29, 1.82) is 0 Å². The average molecular weight is 248 g/mol. The Labute approximate surface area is 108 Å². The molecular formula is C14H20N2O2. The summed E-state index contributed by atoms with van der Waals surface area (Å²) in [6.07, 6.45) is 2.90. The van der Waals surface area contributed by atoms with E-state index in [1.165, 1.54) is 4.90 Å². The quantitative estimate of drug-likeness (QED) is 0.771. The molecule has 0 aliphatic carbocycles. The van der Waals surface area contributed by atoms with E-state index in [9.17, 15) is 4.79 Å². The van der Waals surface area contributed by atoms with E-state index in [0.29, 0.717) is 12.4 Å². The minimum Gasteiger partial charge on any atom is -0.443 e. The molecule has 0 bridgehead atoms. The van der Waals surface area contributed by atoms with Crippen molar-refractivity contribution < 1.29 is 9.53 Å². The molecule has 98 valence electrons. The standard InChI is InChI=1S/C14H20N2O2/c1-6-9-16(13(17)18-14(3,4)5)12-10-11(2)7-8-15-12/h6-8,10H,1,9H2,2-5H3. The molecule has 4 nitrogen and oxygen atoms in total. The fourth-order valence-electron chi connectivity index (χ4n) is 1.38. The Kier molecular flexibility index (Phi) is 4.48. The van der Waals surface area contributed by atoms with Crippen LogP contribution in [0.4, 0.5) is 10.6 Å². The minimum atomic E-state index is -0.527. The van der Waals surface area contributed by atoms with Crippen molar-refractivity contribution in [3.63, 3.8) is 0 Å². The smallest absolute Gasteiger partial charge is 0.416 e. The maximum Gasteiger partial charge on any atom is 0.416 e. The van der Waals surface area contributed by atoms with Gasteiger partial charge in [-0.1, -0.05) is 6.08 Å². The van der Waals surface area contributed by atoms with Crippen LogP contribution in [0.2, 0.25) is 0 Å². The van der Waals surface area contributed by atoms with Gasteiger partial charge in [0, 0.05) is 12.7 Å². The van der Waals surface area contributed by atoms with E-state index in [4.69, 9.17) is 4.74 Å². The van der Waals surface area contributed by atoms with Crippen LogP contribution in [-0.4, -0.2) is 23.2 Å². The van der Waals surface area contributed by atoms with Gasteiger partial charge in [0.1, 0.15) is 11.4 Å². The molecule has 1 amide bonds. The second-order valence-electron chi connectivity index (χ2n) is 5.07. The molecule has 0 aliphatic rings. The fraction of sp³-hybridized carbons (Fsp3) is 0.429. The van der Waals surface area contributed by atoms with Crippen molar-refractivity contribution in [3.8, 4) is 0 Å². The third-order valence-corrected chi connectivity index (χ3v) is 2.10. The molecule has 0 saturated carbocycles. The Morgan fingerprint density at radius 3 is 2.72 bits per heavy atom. The van der Waals surface area contributed by atoms with Gasteiger partial charge in [-0.05, 0) is 45.4 Å².